The van der Waals surface area contributed by atoms with Gasteiger partial charge in [-0.05, 0) is 30.9 Å². The molecule has 0 spiro atoms. The van der Waals surface area contributed by atoms with Crippen molar-refractivity contribution in [1.29, 1.82) is 0 Å². The third-order valence-corrected chi connectivity index (χ3v) is 3.51. The first-order valence-corrected chi connectivity index (χ1v) is 7.16. The number of ether oxygens (including phenoxy) is 1. The highest BCUT2D eigenvalue weighted by atomic mass is 16.5. The Morgan fingerprint density at radius 3 is 2.95 bits per heavy atom. The molecule has 2 rings (SSSR count). The minimum absolute atomic E-state index is 0.0139. The first kappa shape index (κ1) is 15.3. The number of hydrogen-bond donors (Lipinski definition) is 3. The number of urea groups is 1. The molecule has 2 amide bonds. The summed E-state index contributed by atoms with van der Waals surface area (Å²) in [6, 6.07) is 6.92. The van der Waals surface area contributed by atoms with E-state index < -0.39 is 12.0 Å². The van der Waals surface area contributed by atoms with Gasteiger partial charge in [-0.15, -0.1) is 0 Å². The van der Waals surface area contributed by atoms with Gasteiger partial charge in [0.05, 0.1) is 12.6 Å². The number of carbonyl (C=O) groups is 2. The number of hydrogen-bond acceptors (Lipinski definition) is 4. The maximum atomic E-state index is 11.9. The van der Waals surface area contributed by atoms with Crippen LogP contribution in [0.15, 0.2) is 24.3 Å². The van der Waals surface area contributed by atoms with E-state index in [9.17, 15) is 9.59 Å². The Kier molecular flexibility index (Phi) is 5.16. The maximum Gasteiger partial charge on any atom is 0.324 e. The fraction of sp³-hybridized carbons (Fsp3) is 0.467. The van der Waals surface area contributed by atoms with Crippen LogP contribution in [0.2, 0.25) is 0 Å². The van der Waals surface area contributed by atoms with Gasteiger partial charge in [0.15, 0.2) is 0 Å². The number of amides is 2. The van der Waals surface area contributed by atoms with E-state index in [4.69, 9.17) is 10.5 Å². The lowest BCUT2D eigenvalue weighted by Crippen LogP contribution is -2.47. The topological polar surface area (TPSA) is 93.4 Å². The molecular weight excluding hydrogens is 270 g/mol. The molecule has 4 N–H and O–H groups in total. The summed E-state index contributed by atoms with van der Waals surface area (Å²) in [4.78, 5) is 23.2. The summed E-state index contributed by atoms with van der Waals surface area (Å²) >= 11 is 0. The normalized spacial score (nSPS) is 17.7. The minimum Gasteiger partial charge on any atom is -0.465 e. The molecule has 0 aromatic heterocycles. The van der Waals surface area contributed by atoms with Crippen LogP contribution in [0.3, 0.4) is 0 Å². The SMILES string of the molecule is CCOC(=O)[C@@H](N)CNC(=O)NC1CCc2ccccc21. The van der Waals surface area contributed by atoms with Gasteiger partial charge in [-0.3, -0.25) is 4.79 Å². The van der Waals surface area contributed by atoms with Gasteiger partial charge in [-0.25, -0.2) is 4.79 Å². The van der Waals surface area contributed by atoms with E-state index in [0.29, 0.717) is 0 Å². The highest BCUT2D eigenvalue weighted by molar-refractivity contribution is 5.78. The van der Waals surface area contributed by atoms with Crippen molar-refractivity contribution in [1.82, 2.24) is 10.6 Å². The second-order valence-corrected chi connectivity index (χ2v) is 5.00. The number of carbonyl (C=O) groups excluding carboxylic acids is 2. The quantitative estimate of drug-likeness (QED) is 0.702. The van der Waals surface area contributed by atoms with Gasteiger partial charge in [-0.2, -0.15) is 0 Å². The summed E-state index contributed by atoms with van der Waals surface area (Å²) in [5, 5.41) is 5.51. The highest BCUT2D eigenvalue weighted by Gasteiger charge is 2.23. The van der Waals surface area contributed by atoms with Crippen LogP contribution >= 0.6 is 0 Å². The number of esters is 1. The zero-order valence-corrected chi connectivity index (χ0v) is 12.1. The van der Waals surface area contributed by atoms with Crippen molar-refractivity contribution in [2.24, 2.45) is 5.73 Å². The Morgan fingerprint density at radius 2 is 2.19 bits per heavy atom. The van der Waals surface area contributed by atoms with Crippen LogP contribution in [0.4, 0.5) is 4.79 Å². The summed E-state index contributed by atoms with van der Waals surface area (Å²) < 4.78 is 4.78. The first-order valence-electron chi connectivity index (χ1n) is 7.16. The van der Waals surface area contributed by atoms with Crippen LogP contribution in [0.1, 0.15) is 30.5 Å². The molecule has 0 radical (unpaired) electrons. The summed E-state index contributed by atoms with van der Waals surface area (Å²) in [7, 11) is 0. The smallest absolute Gasteiger partial charge is 0.324 e. The number of benzene rings is 1. The molecular formula is C15H21N3O3. The maximum absolute atomic E-state index is 11.9. The van der Waals surface area contributed by atoms with Crippen LogP contribution < -0.4 is 16.4 Å². The molecule has 1 unspecified atom stereocenters. The molecule has 0 aliphatic heterocycles. The van der Waals surface area contributed by atoms with Crippen LogP contribution in [0.25, 0.3) is 0 Å². The second kappa shape index (κ2) is 7.08. The lowest BCUT2D eigenvalue weighted by molar-refractivity contribution is -0.144. The van der Waals surface area contributed by atoms with Gasteiger partial charge in [0.25, 0.3) is 0 Å². The Balaban J connectivity index is 1.80. The third kappa shape index (κ3) is 3.95. The molecule has 6 heteroatoms. The molecule has 0 saturated heterocycles. The van der Waals surface area contributed by atoms with Crippen molar-refractivity contribution in [3.8, 4) is 0 Å². The number of nitrogens with two attached hydrogens (primary N) is 1. The predicted octanol–water partition coefficient (Wildman–Crippen LogP) is 0.864. The lowest BCUT2D eigenvalue weighted by atomic mass is 10.1. The average molecular weight is 291 g/mol. The molecule has 0 heterocycles. The monoisotopic (exact) mass is 291 g/mol. The zero-order valence-electron chi connectivity index (χ0n) is 12.1. The minimum atomic E-state index is -0.841. The van der Waals surface area contributed by atoms with E-state index >= 15 is 0 Å². The molecule has 0 fully saturated rings. The summed E-state index contributed by atoms with van der Waals surface area (Å²) in [6.07, 6.45) is 1.85. The number of aryl methyl sites for hydroxylation is 1. The average Bonchev–Trinajstić information content (AvgIpc) is 2.88. The van der Waals surface area contributed by atoms with Gasteiger partial charge < -0.3 is 21.1 Å². The Hall–Kier alpha value is -2.08. The van der Waals surface area contributed by atoms with Crippen LogP contribution in [0, 0.1) is 0 Å². The molecule has 1 aromatic carbocycles. The van der Waals surface area contributed by atoms with Crippen molar-refractivity contribution >= 4 is 12.0 Å². The van der Waals surface area contributed by atoms with E-state index in [1.807, 2.05) is 18.2 Å². The molecule has 0 bridgehead atoms. The van der Waals surface area contributed by atoms with Crippen molar-refractivity contribution in [2.75, 3.05) is 13.2 Å². The van der Waals surface area contributed by atoms with Crippen LogP contribution in [-0.2, 0) is 16.0 Å². The fourth-order valence-corrected chi connectivity index (χ4v) is 2.45. The molecule has 1 aliphatic carbocycles. The molecule has 1 aliphatic rings. The van der Waals surface area contributed by atoms with Gasteiger partial charge in [0.1, 0.15) is 6.04 Å². The van der Waals surface area contributed by atoms with E-state index in [1.165, 1.54) is 5.56 Å². The van der Waals surface area contributed by atoms with Crippen LogP contribution in [-0.4, -0.2) is 31.2 Å². The number of fused-ring (bicyclic) bond motifs is 1. The number of rotatable bonds is 5. The zero-order chi connectivity index (χ0) is 15.2. The molecule has 114 valence electrons. The second-order valence-electron chi connectivity index (χ2n) is 5.00. The number of nitrogens with one attached hydrogen (secondary N) is 2. The van der Waals surface area contributed by atoms with Crippen molar-refractivity contribution in [3.63, 3.8) is 0 Å². The summed E-state index contributed by atoms with van der Waals surface area (Å²) in [5.74, 6) is -0.510. The first-order chi connectivity index (χ1) is 10.1. The van der Waals surface area contributed by atoms with Crippen molar-refractivity contribution < 1.29 is 14.3 Å². The predicted molar refractivity (Wildman–Crippen MR) is 78.6 cm³/mol. The standard InChI is InChI=1S/C15H21N3O3/c1-2-21-14(19)12(16)9-17-15(20)18-13-8-7-10-5-3-4-6-11(10)13/h3-6,12-13H,2,7-9,16H2,1H3,(H2,17,18,20)/t12-,13?/m0/s1. The van der Waals surface area contributed by atoms with Gasteiger partial charge in [-0.1, -0.05) is 24.3 Å². The molecule has 0 saturated carbocycles. The van der Waals surface area contributed by atoms with E-state index in [1.54, 1.807) is 6.92 Å². The molecule has 1 aromatic rings. The Morgan fingerprint density at radius 1 is 1.43 bits per heavy atom. The molecule has 21 heavy (non-hydrogen) atoms. The Bertz CT molecular complexity index is 519. The third-order valence-electron chi connectivity index (χ3n) is 3.51. The van der Waals surface area contributed by atoms with Gasteiger partial charge >= 0.3 is 12.0 Å². The largest absolute Gasteiger partial charge is 0.465 e. The summed E-state index contributed by atoms with van der Waals surface area (Å²) in [5.41, 5.74) is 8.04. The lowest BCUT2D eigenvalue weighted by Gasteiger charge is -2.16. The van der Waals surface area contributed by atoms with E-state index in [-0.39, 0.29) is 25.2 Å². The van der Waals surface area contributed by atoms with Gasteiger partial charge in [0.2, 0.25) is 0 Å². The van der Waals surface area contributed by atoms with Crippen molar-refractivity contribution in [3.05, 3.63) is 35.4 Å². The highest BCUT2D eigenvalue weighted by Crippen LogP contribution is 2.30. The molecule has 2 atom stereocenters. The van der Waals surface area contributed by atoms with Crippen LogP contribution in [0.5, 0.6) is 0 Å². The van der Waals surface area contributed by atoms with Gasteiger partial charge in [0, 0.05) is 6.54 Å². The van der Waals surface area contributed by atoms with Crippen molar-refractivity contribution in [2.45, 2.75) is 31.8 Å². The Labute approximate surface area is 124 Å². The summed E-state index contributed by atoms with van der Waals surface area (Å²) in [6.45, 7) is 2.04. The molecule has 6 nitrogen and oxygen atoms in total. The van der Waals surface area contributed by atoms with E-state index in [0.717, 1.165) is 18.4 Å². The fourth-order valence-electron chi connectivity index (χ4n) is 2.45. The van der Waals surface area contributed by atoms with E-state index in [2.05, 4.69) is 16.7 Å².